The van der Waals surface area contributed by atoms with Gasteiger partial charge in [-0.1, -0.05) is 13.8 Å². The number of rotatable bonds is 4. The Labute approximate surface area is 82.5 Å². The maximum atomic E-state index is 10.5. The van der Waals surface area contributed by atoms with Gasteiger partial charge >= 0.3 is 5.97 Å². The highest BCUT2D eigenvalue weighted by molar-refractivity contribution is 5.72. The molecule has 0 radical (unpaired) electrons. The molecular formula is C9H15N3O2. The summed E-state index contributed by atoms with van der Waals surface area (Å²) in [6, 6.07) is 0.981. The number of hydrogen-bond acceptors (Lipinski definition) is 3. The Balaban J connectivity index is 2.64. The first-order chi connectivity index (χ1) is 6.50. The maximum Gasteiger partial charge on any atom is 0.322 e. The molecule has 0 fully saturated rings. The molecule has 0 aromatic carbocycles. The third-order valence-electron chi connectivity index (χ3n) is 1.95. The Morgan fingerprint density at radius 1 is 1.71 bits per heavy atom. The fraction of sp³-hybridized carbons (Fsp3) is 0.556. The van der Waals surface area contributed by atoms with Crippen LogP contribution in [-0.2, 0) is 11.3 Å². The molecule has 1 aromatic rings. The summed E-state index contributed by atoms with van der Waals surface area (Å²) in [5, 5.41) is 12.8. The lowest BCUT2D eigenvalue weighted by atomic mass is 10.1. The van der Waals surface area contributed by atoms with Crippen molar-refractivity contribution in [3.8, 4) is 0 Å². The number of nitrogens with two attached hydrogens (primary N) is 1. The van der Waals surface area contributed by atoms with E-state index in [0.29, 0.717) is 5.92 Å². The van der Waals surface area contributed by atoms with Gasteiger partial charge in [-0.25, -0.2) is 0 Å². The Hall–Kier alpha value is -1.36. The second-order valence-corrected chi connectivity index (χ2v) is 3.56. The molecule has 0 amide bonds. The zero-order chi connectivity index (χ0) is 10.7. The molecule has 1 heterocycles. The van der Waals surface area contributed by atoms with Crippen LogP contribution in [0.4, 0.5) is 0 Å². The van der Waals surface area contributed by atoms with Crippen LogP contribution in [0.3, 0.4) is 0 Å². The normalized spacial score (nSPS) is 13.1. The number of aliphatic carboxylic acids is 1. The van der Waals surface area contributed by atoms with Crippen molar-refractivity contribution in [1.29, 1.82) is 0 Å². The van der Waals surface area contributed by atoms with Crippen LogP contribution >= 0.6 is 0 Å². The number of aromatic nitrogens is 2. The van der Waals surface area contributed by atoms with E-state index in [0.717, 1.165) is 5.69 Å². The number of hydrogen-bond donors (Lipinski definition) is 2. The Kier molecular flexibility index (Phi) is 3.24. The van der Waals surface area contributed by atoms with Gasteiger partial charge in [0.1, 0.15) is 6.04 Å². The number of nitrogens with zero attached hydrogens (tertiary/aromatic N) is 2. The van der Waals surface area contributed by atoms with Crippen LogP contribution in [0, 0.1) is 0 Å². The third kappa shape index (κ3) is 2.56. The van der Waals surface area contributed by atoms with Crippen molar-refractivity contribution >= 4 is 5.97 Å². The highest BCUT2D eigenvalue weighted by atomic mass is 16.4. The summed E-state index contributed by atoms with van der Waals surface area (Å²) in [5.74, 6) is -0.663. The van der Waals surface area contributed by atoms with Crippen LogP contribution in [0.1, 0.15) is 25.5 Å². The molecule has 0 aliphatic rings. The van der Waals surface area contributed by atoms with E-state index in [2.05, 4.69) is 5.10 Å². The Morgan fingerprint density at radius 2 is 2.36 bits per heavy atom. The first-order valence-electron chi connectivity index (χ1n) is 4.52. The Bertz CT molecular complexity index is 320. The summed E-state index contributed by atoms with van der Waals surface area (Å²) in [5.41, 5.74) is 6.32. The standard InChI is InChI=1S/C9H15N3O2/c1-6(2)8-3-4-12(11-8)5-7(10)9(13)14/h3-4,6-7H,5,10H2,1-2H3,(H,13,14). The lowest BCUT2D eigenvalue weighted by molar-refractivity contribution is -0.138. The van der Waals surface area contributed by atoms with Crippen LogP contribution in [0.25, 0.3) is 0 Å². The van der Waals surface area contributed by atoms with Crippen molar-refractivity contribution in [2.24, 2.45) is 5.73 Å². The van der Waals surface area contributed by atoms with Crippen molar-refractivity contribution in [2.45, 2.75) is 32.4 Å². The molecule has 14 heavy (non-hydrogen) atoms. The van der Waals surface area contributed by atoms with Crippen molar-refractivity contribution < 1.29 is 9.90 Å². The second kappa shape index (κ2) is 4.23. The maximum absolute atomic E-state index is 10.5. The monoisotopic (exact) mass is 197 g/mol. The summed E-state index contributed by atoms with van der Waals surface area (Å²) in [7, 11) is 0. The van der Waals surface area contributed by atoms with Crippen molar-refractivity contribution in [3.05, 3.63) is 18.0 Å². The largest absolute Gasteiger partial charge is 0.480 e. The van der Waals surface area contributed by atoms with Gasteiger partial charge in [0.25, 0.3) is 0 Å². The van der Waals surface area contributed by atoms with Gasteiger partial charge in [0.05, 0.1) is 12.2 Å². The van der Waals surface area contributed by atoms with Crippen LogP contribution < -0.4 is 5.73 Å². The van der Waals surface area contributed by atoms with Gasteiger partial charge in [0.15, 0.2) is 0 Å². The molecule has 1 aromatic heterocycles. The molecule has 1 atom stereocenters. The van der Waals surface area contributed by atoms with Crippen LogP contribution in [0.5, 0.6) is 0 Å². The molecule has 0 spiro atoms. The van der Waals surface area contributed by atoms with Gasteiger partial charge in [-0.15, -0.1) is 0 Å². The van der Waals surface area contributed by atoms with Crippen LogP contribution in [0.15, 0.2) is 12.3 Å². The summed E-state index contributed by atoms with van der Waals surface area (Å²) in [4.78, 5) is 10.5. The number of carboxylic acid groups (broad SMARTS) is 1. The minimum absolute atomic E-state index is 0.210. The molecule has 1 rings (SSSR count). The lowest BCUT2D eigenvalue weighted by Gasteiger charge is -2.06. The first kappa shape index (κ1) is 10.7. The van der Waals surface area contributed by atoms with Gasteiger partial charge in [-0.2, -0.15) is 5.10 Å². The molecule has 0 saturated carbocycles. The smallest absolute Gasteiger partial charge is 0.322 e. The van der Waals surface area contributed by atoms with Crippen LogP contribution in [-0.4, -0.2) is 26.9 Å². The van der Waals surface area contributed by atoms with Gasteiger partial charge in [-0.3, -0.25) is 9.48 Å². The minimum atomic E-state index is -1.01. The van der Waals surface area contributed by atoms with Crippen molar-refractivity contribution in [3.63, 3.8) is 0 Å². The first-order valence-corrected chi connectivity index (χ1v) is 4.52. The zero-order valence-electron chi connectivity index (χ0n) is 8.34. The van der Waals surface area contributed by atoms with E-state index in [1.807, 2.05) is 19.9 Å². The van der Waals surface area contributed by atoms with Crippen molar-refractivity contribution in [2.75, 3.05) is 0 Å². The van der Waals surface area contributed by atoms with E-state index in [9.17, 15) is 4.79 Å². The molecule has 5 nitrogen and oxygen atoms in total. The molecule has 1 unspecified atom stereocenters. The van der Waals surface area contributed by atoms with E-state index in [4.69, 9.17) is 10.8 Å². The predicted molar refractivity (Wildman–Crippen MR) is 51.9 cm³/mol. The molecule has 0 bridgehead atoms. The molecule has 5 heteroatoms. The quantitative estimate of drug-likeness (QED) is 0.732. The van der Waals surface area contributed by atoms with E-state index < -0.39 is 12.0 Å². The lowest BCUT2D eigenvalue weighted by Crippen LogP contribution is -2.34. The van der Waals surface area contributed by atoms with E-state index in [1.54, 1.807) is 10.9 Å². The second-order valence-electron chi connectivity index (χ2n) is 3.56. The van der Waals surface area contributed by atoms with Gasteiger partial charge in [0.2, 0.25) is 0 Å². The average Bonchev–Trinajstić information content (AvgIpc) is 2.52. The molecule has 78 valence electrons. The molecule has 3 N–H and O–H groups in total. The summed E-state index contributed by atoms with van der Waals surface area (Å²) >= 11 is 0. The molecule has 0 saturated heterocycles. The van der Waals surface area contributed by atoms with Gasteiger partial charge in [-0.05, 0) is 12.0 Å². The third-order valence-corrected chi connectivity index (χ3v) is 1.95. The number of carboxylic acids is 1. The summed E-state index contributed by atoms with van der Waals surface area (Å²) in [6.45, 7) is 4.27. The fourth-order valence-corrected chi connectivity index (χ4v) is 1.07. The summed E-state index contributed by atoms with van der Waals surface area (Å²) < 4.78 is 1.56. The van der Waals surface area contributed by atoms with E-state index in [-0.39, 0.29) is 6.54 Å². The van der Waals surface area contributed by atoms with Gasteiger partial charge < -0.3 is 10.8 Å². The fourth-order valence-electron chi connectivity index (χ4n) is 1.07. The average molecular weight is 197 g/mol. The van der Waals surface area contributed by atoms with Crippen LogP contribution in [0.2, 0.25) is 0 Å². The van der Waals surface area contributed by atoms with E-state index >= 15 is 0 Å². The topological polar surface area (TPSA) is 81.1 Å². The zero-order valence-corrected chi connectivity index (χ0v) is 8.34. The minimum Gasteiger partial charge on any atom is -0.480 e. The number of carbonyl (C=O) groups is 1. The predicted octanol–water partition coefficient (Wildman–Crippen LogP) is 0.418. The van der Waals surface area contributed by atoms with E-state index in [1.165, 1.54) is 0 Å². The Morgan fingerprint density at radius 3 is 2.79 bits per heavy atom. The SMILES string of the molecule is CC(C)c1ccn(CC(N)C(=O)O)n1. The molecular weight excluding hydrogens is 182 g/mol. The molecule has 0 aliphatic heterocycles. The summed E-state index contributed by atoms with van der Waals surface area (Å²) in [6.07, 6.45) is 1.75. The van der Waals surface area contributed by atoms with Gasteiger partial charge in [0, 0.05) is 6.20 Å². The molecule has 0 aliphatic carbocycles. The highest BCUT2D eigenvalue weighted by Gasteiger charge is 2.13. The van der Waals surface area contributed by atoms with Crippen molar-refractivity contribution in [1.82, 2.24) is 9.78 Å². The highest BCUT2D eigenvalue weighted by Crippen LogP contribution is 2.10.